The largest absolute Gasteiger partial charge is 0.380 e. The van der Waals surface area contributed by atoms with Crippen molar-refractivity contribution in [3.63, 3.8) is 0 Å². The first-order chi connectivity index (χ1) is 13.1. The van der Waals surface area contributed by atoms with Crippen molar-refractivity contribution in [1.82, 2.24) is 5.32 Å². The molecule has 1 aliphatic rings. The number of hydrogen-bond acceptors (Lipinski definition) is 2. The van der Waals surface area contributed by atoms with E-state index in [1.807, 2.05) is 31.2 Å². The number of allylic oxidation sites excluding steroid dienone is 1. The zero-order valence-electron chi connectivity index (χ0n) is 16.4. The zero-order chi connectivity index (χ0) is 19.2. The number of hydrogen-bond donors (Lipinski definition) is 3. The van der Waals surface area contributed by atoms with Crippen LogP contribution in [0.25, 0.3) is 6.08 Å². The standard InChI is InChI=1S/C23H29N3O/c1-4-8-18-10-7-12-21(22(18)16(2)3)26-23(27)24-15-19-14-13-17-9-5-6-11-20(17)25-19/h4-12,16,19,25H,13-15H2,1-3H3,(H2,24,26,27). The van der Waals surface area contributed by atoms with Crippen LogP contribution in [0, 0.1) is 0 Å². The number of carbonyl (C=O) groups is 1. The predicted molar refractivity (Wildman–Crippen MR) is 114 cm³/mol. The van der Waals surface area contributed by atoms with Gasteiger partial charge < -0.3 is 16.0 Å². The summed E-state index contributed by atoms with van der Waals surface area (Å²) in [7, 11) is 0. The summed E-state index contributed by atoms with van der Waals surface area (Å²) in [6.45, 7) is 6.90. The summed E-state index contributed by atoms with van der Waals surface area (Å²) in [5, 5.41) is 9.58. The van der Waals surface area contributed by atoms with Gasteiger partial charge in [0.15, 0.2) is 0 Å². The number of benzene rings is 2. The van der Waals surface area contributed by atoms with Gasteiger partial charge in [0.1, 0.15) is 0 Å². The van der Waals surface area contributed by atoms with Crippen LogP contribution in [0.5, 0.6) is 0 Å². The van der Waals surface area contributed by atoms with Crippen molar-refractivity contribution < 1.29 is 4.79 Å². The molecule has 0 aliphatic carbocycles. The maximum Gasteiger partial charge on any atom is 0.319 e. The Bertz CT molecular complexity index is 826. The molecule has 2 amide bonds. The van der Waals surface area contributed by atoms with E-state index in [2.05, 4.69) is 60.1 Å². The van der Waals surface area contributed by atoms with E-state index in [1.54, 1.807) is 0 Å². The quantitative estimate of drug-likeness (QED) is 0.667. The van der Waals surface area contributed by atoms with E-state index in [0.717, 1.165) is 29.7 Å². The third-order valence-electron chi connectivity index (χ3n) is 4.96. The number of fused-ring (bicyclic) bond motifs is 1. The van der Waals surface area contributed by atoms with Crippen LogP contribution in [0.3, 0.4) is 0 Å². The molecule has 4 nitrogen and oxygen atoms in total. The van der Waals surface area contributed by atoms with Gasteiger partial charge in [-0.2, -0.15) is 0 Å². The second-order valence-corrected chi connectivity index (χ2v) is 7.34. The summed E-state index contributed by atoms with van der Waals surface area (Å²) in [6, 6.07) is 14.5. The average molecular weight is 364 g/mol. The van der Waals surface area contributed by atoms with Crippen LogP contribution in [0.1, 0.15) is 49.8 Å². The molecule has 0 aromatic heterocycles. The Hall–Kier alpha value is -2.75. The van der Waals surface area contributed by atoms with Crippen molar-refractivity contribution in [2.45, 2.75) is 45.6 Å². The monoisotopic (exact) mass is 363 g/mol. The van der Waals surface area contributed by atoms with Gasteiger partial charge in [-0.1, -0.05) is 56.3 Å². The Morgan fingerprint density at radius 1 is 1.22 bits per heavy atom. The molecule has 0 fully saturated rings. The normalized spacial score (nSPS) is 16.1. The second-order valence-electron chi connectivity index (χ2n) is 7.34. The van der Waals surface area contributed by atoms with Gasteiger partial charge in [-0.25, -0.2) is 4.79 Å². The molecule has 1 atom stereocenters. The summed E-state index contributed by atoms with van der Waals surface area (Å²) < 4.78 is 0. The van der Waals surface area contributed by atoms with E-state index < -0.39 is 0 Å². The lowest BCUT2D eigenvalue weighted by Gasteiger charge is -2.27. The molecule has 0 radical (unpaired) electrons. The van der Waals surface area contributed by atoms with Gasteiger partial charge in [-0.15, -0.1) is 0 Å². The summed E-state index contributed by atoms with van der Waals surface area (Å²) in [6.07, 6.45) is 6.17. The fraction of sp³-hybridized carbons (Fsp3) is 0.348. The molecular weight excluding hydrogens is 334 g/mol. The van der Waals surface area contributed by atoms with Crippen molar-refractivity contribution in [1.29, 1.82) is 0 Å². The maximum absolute atomic E-state index is 12.5. The fourth-order valence-electron chi connectivity index (χ4n) is 3.70. The Morgan fingerprint density at radius 2 is 2.04 bits per heavy atom. The van der Waals surface area contributed by atoms with Crippen molar-refractivity contribution in [2.24, 2.45) is 0 Å². The van der Waals surface area contributed by atoms with Crippen molar-refractivity contribution in [3.05, 3.63) is 65.2 Å². The van der Waals surface area contributed by atoms with Crippen molar-refractivity contribution >= 4 is 23.5 Å². The first-order valence-corrected chi connectivity index (χ1v) is 9.73. The zero-order valence-corrected chi connectivity index (χ0v) is 16.4. The molecule has 0 saturated carbocycles. The fourth-order valence-corrected chi connectivity index (χ4v) is 3.70. The molecule has 1 unspecified atom stereocenters. The van der Waals surface area contributed by atoms with Crippen LogP contribution in [0.15, 0.2) is 48.5 Å². The van der Waals surface area contributed by atoms with E-state index in [-0.39, 0.29) is 12.1 Å². The van der Waals surface area contributed by atoms with Crippen LogP contribution >= 0.6 is 0 Å². The summed E-state index contributed by atoms with van der Waals surface area (Å²) >= 11 is 0. The highest BCUT2D eigenvalue weighted by Crippen LogP contribution is 2.29. The van der Waals surface area contributed by atoms with Gasteiger partial charge in [-0.05, 0) is 54.5 Å². The molecular formula is C23H29N3O. The smallest absolute Gasteiger partial charge is 0.319 e. The van der Waals surface area contributed by atoms with Crippen LogP contribution in [-0.2, 0) is 6.42 Å². The third-order valence-corrected chi connectivity index (χ3v) is 4.96. The molecule has 4 heteroatoms. The SMILES string of the molecule is CC=Cc1cccc(NC(=O)NCC2CCc3ccccc3N2)c1C(C)C. The van der Waals surface area contributed by atoms with Gasteiger partial charge in [0.05, 0.1) is 0 Å². The number of anilines is 2. The molecule has 1 aliphatic heterocycles. The maximum atomic E-state index is 12.5. The summed E-state index contributed by atoms with van der Waals surface area (Å²) in [4.78, 5) is 12.5. The Morgan fingerprint density at radius 3 is 2.81 bits per heavy atom. The molecule has 0 bridgehead atoms. The minimum Gasteiger partial charge on any atom is -0.380 e. The number of urea groups is 1. The van der Waals surface area contributed by atoms with Gasteiger partial charge in [0.2, 0.25) is 0 Å². The van der Waals surface area contributed by atoms with E-state index in [1.165, 1.54) is 11.3 Å². The van der Waals surface area contributed by atoms with Crippen LogP contribution in [-0.4, -0.2) is 18.6 Å². The highest BCUT2D eigenvalue weighted by atomic mass is 16.2. The lowest BCUT2D eigenvalue weighted by molar-refractivity contribution is 0.251. The molecule has 0 spiro atoms. The van der Waals surface area contributed by atoms with E-state index in [4.69, 9.17) is 0 Å². The second kappa shape index (κ2) is 8.76. The third kappa shape index (κ3) is 4.70. The lowest BCUT2D eigenvalue weighted by atomic mass is 9.95. The van der Waals surface area contributed by atoms with E-state index in [0.29, 0.717) is 12.5 Å². The first kappa shape index (κ1) is 19.0. The Kier molecular flexibility index (Phi) is 6.17. The number of rotatable bonds is 5. The van der Waals surface area contributed by atoms with Crippen LogP contribution in [0.4, 0.5) is 16.2 Å². The highest BCUT2D eigenvalue weighted by molar-refractivity contribution is 5.91. The number of carbonyl (C=O) groups excluding carboxylic acids is 1. The molecule has 3 rings (SSSR count). The number of para-hydroxylation sites is 1. The van der Waals surface area contributed by atoms with Gasteiger partial charge in [0.25, 0.3) is 0 Å². The molecule has 0 saturated heterocycles. The molecule has 2 aromatic rings. The van der Waals surface area contributed by atoms with Crippen LogP contribution in [0.2, 0.25) is 0 Å². The average Bonchev–Trinajstić information content (AvgIpc) is 2.66. The molecule has 27 heavy (non-hydrogen) atoms. The highest BCUT2D eigenvalue weighted by Gasteiger charge is 2.18. The minimum absolute atomic E-state index is 0.157. The van der Waals surface area contributed by atoms with Gasteiger partial charge in [-0.3, -0.25) is 0 Å². The summed E-state index contributed by atoms with van der Waals surface area (Å²) in [5.41, 5.74) is 5.71. The summed E-state index contributed by atoms with van der Waals surface area (Å²) in [5.74, 6) is 0.323. The molecule has 1 heterocycles. The van der Waals surface area contributed by atoms with Crippen molar-refractivity contribution in [2.75, 3.05) is 17.2 Å². The van der Waals surface area contributed by atoms with E-state index in [9.17, 15) is 4.79 Å². The minimum atomic E-state index is -0.157. The molecule has 2 aromatic carbocycles. The Labute approximate surface area is 162 Å². The van der Waals surface area contributed by atoms with Crippen LogP contribution < -0.4 is 16.0 Å². The number of aryl methyl sites for hydroxylation is 1. The molecule has 142 valence electrons. The predicted octanol–water partition coefficient (Wildman–Crippen LogP) is 5.39. The Balaban J connectivity index is 1.61. The van der Waals surface area contributed by atoms with Gasteiger partial charge >= 0.3 is 6.03 Å². The van der Waals surface area contributed by atoms with E-state index >= 15 is 0 Å². The topological polar surface area (TPSA) is 53.2 Å². The first-order valence-electron chi connectivity index (χ1n) is 9.73. The lowest BCUT2D eigenvalue weighted by Crippen LogP contribution is -2.40. The van der Waals surface area contributed by atoms with Gasteiger partial charge in [0, 0.05) is 24.0 Å². The van der Waals surface area contributed by atoms with Crippen molar-refractivity contribution in [3.8, 4) is 0 Å². The number of nitrogens with one attached hydrogen (secondary N) is 3. The number of amides is 2. The molecule has 3 N–H and O–H groups in total.